The molecule has 0 unspecified atom stereocenters. The summed E-state index contributed by atoms with van der Waals surface area (Å²) >= 11 is 0. The van der Waals surface area contributed by atoms with Crippen LogP contribution in [0.3, 0.4) is 0 Å². The molecule has 11 heteroatoms. The van der Waals surface area contributed by atoms with Crippen molar-refractivity contribution in [2.45, 2.75) is 18.0 Å². The smallest absolute Gasteiger partial charge is 0.422 e. The first-order valence-electron chi connectivity index (χ1n) is 9.18. The van der Waals surface area contributed by atoms with Crippen LogP contribution < -0.4 is 14.8 Å². The second kappa shape index (κ2) is 9.27. The van der Waals surface area contributed by atoms with Crippen LogP contribution in [0, 0.1) is 6.92 Å². The fourth-order valence-corrected chi connectivity index (χ4v) is 3.57. The normalized spacial score (nSPS) is 11.6. The van der Waals surface area contributed by atoms with Crippen molar-refractivity contribution in [3.63, 3.8) is 0 Å². The number of ether oxygens (including phenoxy) is 1. The molecule has 1 aromatic heterocycles. The summed E-state index contributed by atoms with van der Waals surface area (Å²) in [5, 5.41) is 2.58. The number of aryl methyl sites for hydroxylation is 1. The van der Waals surface area contributed by atoms with Crippen LogP contribution in [0.1, 0.15) is 15.9 Å². The zero-order valence-corrected chi connectivity index (χ0v) is 17.5. The number of aromatic nitrogens is 1. The summed E-state index contributed by atoms with van der Waals surface area (Å²) in [6, 6.07) is 14.8. The number of hydrogen-bond acceptors (Lipinski definition) is 5. The molecule has 0 spiro atoms. The summed E-state index contributed by atoms with van der Waals surface area (Å²) in [6.07, 6.45) is -3.40. The molecular weight excluding hydrogens is 447 g/mol. The van der Waals surface area contributed by atoms with E-state index in [1.165, 1.54) is 42.5 Å². The molecule has 3 rings (SSSR count). The fraction of sp³-hybridized carbons (Fsp3) is 0.143. The average molecular weight is 465 g/mol. The fourth-order valence-electron chi connectivity index (χ4n) is 2.51. The molecule has 7 nitrogen and oxygen atoms in total. The highest BCUT2D eigenvalue weighted by atomic mass is 32.2. The number of halogens is 3. The lowest BCUT2D eigenvalue weighted by molar-refractivity contribution is -0.154. The van der Waals surface area contributed by atoms with Gasteiger partial charge in [-0.2, -0.15) is 13.2 Å². The number of carbonyl (C=O) groups excluding carboxylic acids is 1. The van der Waals surface area contributed by atoms with Crippen molar-refractivity contribution < 1.29 is 31.1 Å². The highest BCUT2D eigenvalue weighted by Crippen LogP contribution is 2.20. The SMILES string of the molecule is Cc1ccc(S(=O)(=O)Nc2ccc(NC(=O)c3ccc(OCC(F)(F)F)nc3)cc2)cc1. The largest absolute Gasteiger partial charge is 0.468 e. The van der Waals surface area contributed by atoms with E-state index in [0.717, 1.165) is 17.8 Å². The Hall–Kier alpha value is -3.60. The van der Waals surface area contributed by atoms with Crippen molar-refractivity contribution in [1.29, 1.82) is 0 Å². The number of benzene rings is 2. The number of rotatable bonds is 7. The van der Waals surface area contributed by atoms with E-state index in [9.17, 15) is 26.4 Å². The molecule has 32 heavy (non-hydrogen) atoms. The predicted octanol–water partition coefficient (Wildman–Crippen LogP) is 4.38. The third-order valence-electron chi connectivity index (χ3n) is 4.11. The molecule has 0 saturated carbocycles. The van der Waals surface area contributed by atoms with Gasteiger partial charge in [0.15, 0.2) is 6.61 Å². The first kappa shape index (κ1) is 23.1. The molecule has 1 heterocycles. The molecule has 0 bridgehead atoms. The Balaban J connectivity index is 1.60. The number of hydrogen-bond donors (Lipinski definition) is 2. The summed E-state index contributed by atoms with van der Waals surface area (Å²) in [7, 11) is -3.76. The number of nitrogens with zero attached hydrogens (tertiary/aromatic N) is 1. The van der Waals surface area contributed by atoms with E-state index in [2.05, 4.69) is 19.8 Å². The summed E-state index contributed by atoms with van der Waals surface area (Å²) in [5.74, 6) is -0.808. The van der Waals surface area contributed by atoms with Gasteiger partial charge in [0.25, 0.3) is 15.9 Å². The van der Waals surface area contributed by atoms with E-state index in [1.54, 1.807) is 12.1 Å². The Bertz CT molecular complexity index is 1180. The van der Waals surface area contributed by atoms with Gasteiger partial charge in [-0.1, -0.05) is 17.7 Å². The Labute approximate surface area is 182 Å². The van der Waals surface area contributed by atoms with Gasteiger partial charge < -0.3 is 10.1 Å². The van der Waals surface area contributed by atoms with Gasteiger partial charge in [-0.15, -0.1) is 0 Å². The molecule has 0 saturated heterocycles. The van der Waals surface area contributed by atoms with E-state index in [-0.39, 0.29) is 16.3 Å². The van der Waals surface area contributed by atoms with Crippen LogP contribution in [0.25, 0.3) is 0 Å². The molecule has 2 aromatic carbocycles. The maximum atomic E-state index is 12.4. The third kappa shape index (κ3) is 6.45. The molecule has 0 aliphatic rings. The van der Waals surface area contributed by atoms with E-state index >= 15 is 0 Å². The second-order valence-electron chi connectivity index (χ2n) is 6.74. The Morgan fingerprint density at radius 2 is 1.59 bits per heavy atom. The van der Waals surface area contributed by atoms with Gasteiger partial charge >= 0.3 is 6.18 Å². The van der Waals surface area contributed by atoms with E-state index in [0.29, 0.717) is 11.4 Å². The number of anilines is 2. The van der Waals surface area contributed by atoms with Crippen LogP contribution in [-0.2, 0) is 10.0 Å². The summed E-state index contributed by atoms with van der Waals surface area (Å²) in [5.41, 5.74) is 1.72. The molecule has 2 N–H and O–H groups in total. The van der Waals surface area contributed by atoms with Gasteiger partial charge in [0, 0.05) is 23.6 Å². The standard InChI is InChI=1S/C21H18F3N3O4S/c1-14-2-9-18(10-3-14)32(29,30)27-17-7-5-16(6-8-17)26-20(28)15-4-11-19(25-12-15)31-13-21(22,23)24/h2-12,27H,13H2,1H3,(H,26,28). The monoisotopic (exact) mass is 465 g/mol. The van der Waals surface area contributed by atoms with Crippen LogP contribution in [0.4, 0.5) is 24.5 Å². The van der Waals surface area contributed by atoms with Gasteiger partial charge in [-0.05, 0) is 49.4 Å². The number of pyridine rings is 1. The van der Waals surface area contributed by atoms with Crippen LogP contribution >= 0.6 is 0 Å². The van der Waals surface area contributed by atoms with Crippen LogP contribution in [0.5, 0.6) is 5.88 Å². The van der Waals surface area contributed by atoms with E-state index in [1.807, 2.05) is 6.92 Å². The maximum absolute atomic E-state index is 12.4. The molecular formula is C21H18F3N3O4S. The van der Waals surface area contributed by atoms with Gasteiger partial charge in [0.05, 0.1) is 10.5 Å². The van der Waals surface area contributed by atoms with Crippen molar-refractivity contribution in [2.75, 3.05) is 16.6 Å². The highest BCUT2D eigenvalue weighted by molar-refractivity contribution is 7.92. The lowest BCUT2D eigenvalue weighted by Crippen LogP contribution is -2.19. The van der Waals surface area contributed by atoms with Crippen molar-refractivity contribution in [1.82, 2.24) is 4.98 Å². The lowest BCUT2D eigenvalue weighted by Gasteiger charge is -2.10. The number of nitrogens with one attached hydrogen (secondary N) is 2. The zero-order valence-electron chi connectivity index (χ0n) is 16.7. The zero-order chi connectivity index (χ0) is 23.4. The molecule has 168 valence electrons. The van der Waals surface area contributed by atoms with Gasteiger partial charge in [0.1, 0.15) is 0 Å². The molecule has 1 amide bonds. The van der Waals surface area contributed by atoms with Gasteiger partial charge in [-0.25, -0.2) is 13.4 Å². The number of carbonyl (C=O) groups is 1. The summed E-state index contributed by atoms with van der Waals surface area (Å²) < 4.78 is 68.3. The molecule has 0 fully saturated rings. The highest BCUT2D eigenvalue weighted by Gasteiger charge is 2.28. The Morgan fingerprint density at radius 1 is 0.969 bits per heavy atom. The minimum atomic E-state index is -4.49. The first-order chi connectivity index (χ1) is 15.0. The quantitative estimate of drug-likeness (QED) is 0.540. The van der Waals surface area contributed by atoms with E-state index < -0.39 is 28.7 Å². The second-order valence-corrected chi connectivity index (χ2v) is 8.42. The maximum Gasteiger partial charge on any atom is 0.422 e. The third-order valence-corrected chi connectivity index (χ3v) is 5.51. The van der Waals surface area contributed by atoms with Crippen LogP contribution in [-0.4, -0.2) is 32.1 Å². The van der Waals surface area contributed by atoms with Crippen molar-refractivity contribution >= 4 is 27.3 Å². The Morgan fingerprint density at radius 3 is 2.16 bits per heavy atom. The van der Waals surface area contributed by atoms with Crippen molar-refractivity contribution in [3.8, 4) is 5.88 Å². The minimum Gasteiger partial charge on any atom is -0.468 e. The molecule has 0 radical (unpaired) electrons. The number of amides is 1. The predicted molar refractivity (Wildman–Crippen MR) is 112 cm³/mol. The van der Waals surface area contributed by atoms with Crippen molar-refractivity contribution in [3.05, 3.63) is 78.0 Å². The Kier molecular flexibility index (Phi) is 6.68. The summed E-state index contributed by atoms with van der Waals surface area (Å²) in [6.45, 7) is 0.370. The van der Waals surface area contributed by atoms with E-state index in [4.69, 9.17) is 0 Å². The first-order valence-corrected chi connectivity index (χ1v) is 10.7. The molecule has 0 aliphatic carbocycles. The van der Waals surface area contributed by atoms with Crippen LogP contribution in [0.2, 0.25) is 0 Å². The lowest BCUT2D eigenvalue weighted by atomic mass is 10.2. The molecule has 3 aromatic rings. The molecule has 0 atom stereocenters. The summed E-state index contributed by atoms with van der Waals surface area (Å²) in [4.78, 5) is 16.1. The van der Waals surface area contributed by atoms with Crippen molar-refractivity contribution in [2.24, 2.45) is 0 Å². The molecule has 0 aliphatic heterocycles. The number of sulfonamides is 1. The van der Waals surface area contributed by atoms with Gasteiger partial charge in [-0.3, -0.25) is 9.52 Å². The van der Waals surface area contributed by atoms with Crippen LogP contribution in [0.15, 0.2) is 71.8 Å². The van der Waals surface area contributed by atoms with Gasteiger partial charge in [0.2, 0.25) is 5.88 Å². The minimum absolute atomic E-state index is 0.105. The average Bonchev–Trinajstić information content (AvgIpc) is 2.73. The number of alkyl halides is 3. The topological polar surface area (TPSA) is 97.4 Å².